The standard InChI is InChI=1S/C25H30N4O2S2/c1-4-29-13-11-19(12-14-29)18-5-7-20(8-6-18)23-16-32-25(28-23)27-22-15-21(33(26)30)9-10-24(22)31-17(2)3/h5-11,15-17H,4,12-14,26H2,1-3H3,(H,27,28). The van der Waals surface area contributed by atoms with Crippen molar-refractivity contribution in [1.29, 1.82) is 0 Å². The van der Waals surface area contributed by atoms with Gasteiger partial charge in [-0.05, 0) is 56.1 Å². The molecule has 4 rings (SSSR count). The number of thiazole rings is 1. The van der Waals surface area contributed by atoms with E-state index >= 15 is 0 Å². The van der Waals surface area contributed by atoms with E-state index in [1.807, 2.05) is 19.2 Å². The minimum Gasteiger partial charge on any atom is -0.489 e. The molecule has 3 N–H and O–H groups in total. The number of nitrogens with two attached hydrogens (primary N) is 1. The van der Waals surface area contributed by atoms with Crippen LogP contribution in [0.2, 0.25) is 0 Å². The van der Waals surface area contributed by atoms with E-state index in [1.165, 1.54) is 22.5 Å². The number of aromatic nitrogens is 1. The molecule has 3 aromatic rings. The van der Waals surface area contributed by atoms with Crippen molar-refractivity contribution in [3.8, 4) is 17.0 Å². The third kappa shape index (κ3) is 5.89. The zero-order valence-electron chi connectivity index (χ0n) is 19.2. The van der Waals surface area contributed by atoms with E-state index in [1.54, 1.807) is 18.2 Å². The van der Waals surface area contributed by atoms with Crippen molar-refractivity contribution in [3.05, 3.63) is 59.5 Å². The predicted octanol–water partition coefficient (Wildman–Crippen LogP) is 5.43. The van der Waals surface area contributed by atoms with Gasteiger partial charge in [-0.3, -0.25) is 4.90 Å². The number of likely N-dealkylation sites (N-methyl/N-ethyl adjacent to an activating group) is 1. The van der Waals surface area contributed by atoms with E-state index in [9.17, 15) is 4.21 Å². The number of nitrogens with zero attached hydrogens (tertiary/aromatic N) is 2. The molecule has 1 aromatic heterocycles. The first-order chi connectivity index (χ1) is 15.9. The summed E-state index contributed by atoms with van der Waals surface area (Å²) in [6.07, 6.45) is 3.44. The lowest BCUT2D eigenvalue weighted by molar-refractivity contribution is 0.243. The summed E-state index contributed by atoms with van der Waals surface area (Å²) < 4.78 is 17.6. The number of ether oxygens (including phenoxy) is 1. The number of hydrogen-bond donors (Lipinski definition) is 2. The van der Waals surface area contributed by atoms with Crippen molar-refractivity contribution in [2.24, 2.45) is 5.14 Å². The van der Waals surface area contributed by atoms with Crippen molar-refractivity contribution >= 4 is 38.7 Å². The Hall–Kier alpha value is -2.52. The van der Waals surface area contributed by atoms with Gasteiger partial charge >= 0.3 is 0 Å². The van der Waals surface area contributed by atoms with Crippen LogP contribution in [0, 0.1) is 0 Å². The maximum absolute atomic E-state index is 11.7. The maximum atomic E-state index is 11.7. The van der Waals surface area contributed by atoms with E-state index in [-0.39, 0.29) is 6.10 Å². The molecular weight excluding hydrogens is 452 g/mol. The van der Waals surface area contributed by atoms with Crippen molar-refractivity contribution in [2.45, 2.75) is 38.2 Å². The number of nitrogens with one attached hydrogen (secondary N) is 1. The first kappa shape index (κ1) is 23.6. The summed E-state index contributed by atoms with van der Waals surface area (Å²) in [5, 5.41) is 11.7. The van der Waals surface area contributed by atoms with Crippen LogP contribution in [0.3, 0.4) is 0 Å². The molecule has 0 amide bonds. The lowest BCUT2D eigenvalue weighted by Crippen LogP contribution is -2.27. The van der Waals surface area contributed by atoms with Crippen molar-refractivity contribution in [3.63, 3.8) is 0 Å². The molecule has 1 atom stereocenters. The third-order valence-corrected chi connectivity index (χ3v) is 7.06. The Morgan fingerprint density at radius 1 is 1.21 bits per heavy atom. The number of hydrogen-bond acceptors (Lipinski definition) is 6. The minimum absolute atomic E-state index is 0.00877. The van der Waals surface area contributed by atoms with Gasteiger partial charge in [0.05, 0.1) is 22.4 Å². The normalized spacial score (nSPS) is 15.4. The highest BCUT2D eigenvalue weighted by Crippen LogP contribution is 2.34. The average Bonchev–Trinajstić information content (AvgIpc) is 3.28. The molecule has 0 aliphatic carbocycles. The van der Waals surface area contributed by atoms with E-state index < -0.39 is 11.0 Å². The molecule has 33 heavy (non-hydrogen) atoms. The summed E-state index contributed by atoms with van der Waals surface area (Å²) in [7, 11) is -1.57. The molecule has 1 aliphatic rings. The molecule has 2 aromatic carbocycles. The Labute approximate surface area is 202 Å². The fourth-order valence-electron chi connectivity index (χ4n) is 3.78. The molecule has 1 unspecified atom stereocenters. The monoisotopic (exact) mass is 482 g/mol. The molecule has 0 bridgehead atoms. The first-order valence-corrected chi connectivity index (χ1v) is 13.2. The highest BCUT2D eigenvalue weighted by Gasteiger charge is 2.14. The summed E-state index contributed by atoms with van der Waals surface area (Å²) in [6.45, 7) is 9.38. The Kier molecular flexibility index (Phi) is 7.60. The van der Waals surface area contributed by atoms with Gasteiger partial charge in [0.2, 0.25) is 0 Å². The van der Waals surface area contributed by atoms with Crippen molar-refractivity contribution in [1.82, 2.24) is 9.88 Å². The van der Waals surface area contributed by atoms with E-state index in [0.717, 1.165) is 42.4 Å². The predicted molar refractivity (Wildman–Crippen MR) is 138 cm³/mol. The molecule has 0 spiro atoms. The second kappa shape index (κ2) is 10.6. The van der Waals surface area contributed by atoms with Crippen LogP contribution < -0.4 is 15.2 Å². The Balaban J connectivity index is 1.51. The fourth-order valence-corrected chi connectivity index (χ4v) is 4.95. The second-order valence-electron chi connectivity index (χ2n) is 8.23. The van der Waals surface area contributed by atoms with Gasteiger partial charge in [-0.25, -0.2) is 14.3 Å². The SMILES string of the molecule is CCN1CC=C(c2ccc(-c3csc(Nc4cc(S(N)=O)ccc4OC(C)C)n3)cc2)CC1. The van der Waals surface area contributed by atoms with Crippen LogP contribution in [-0.4, -0.2) is 39.8 Å². The van der Waals surface area contributed by atoms with E-state index in [0.29, 0.717) is 16.3 Å². The van der Waals surface area contributed by atoms with Gasteiger partial charge in [0.25, 0.3) is 0 Å². The fraction of sp³-hybridized carbons (Fsp3) is 0.320. The molecular formula is C25H30N4O2S2. The molecule has 0 saturated heterocycles. The highest BCUT2D eigenvalue weighted by atomic mass is 32.2. The molecule has 8 heteroatoms. The molecule has 174 valence electrons. The Morgan fingerprint density at radius 3 is 2.61 bits per heavy atom. The van der Waals surface area contributed by atoms with E-state index in [2.05, 4.69) is 47.5 Å². The van der Waals surface area contributed by atoms with Gasteiger partial charge in [0.1, 0.15) is 16.7 Å². The van der Waals surface area contributed by atoms with Crippen LogP contribution in [0.15, 0.2) is 58.8 Å². The molecule has 0 fully saturated rings. The molecule has 1 aliphatic heterocycles. The highest BCUT2D eigenvalue weighted by molar-refractivity contribution is 7.82. The molecule has 6 nitrogen and oxygen atoms in total. The third-order valence-electron chi connectivity index (χ3n) is 5.58. The average molecular weight is 483 g/mol. The van der Waals surface area contributed by atoms with Crippen LogP contribution >= 0.6 is 11.3 Å². The van der Waals surface area contributed by atoms with Crippen LogP contribution in [0.1, 0.15) is 32.8 Å². The van der Waals surface area contributed by atoms with Crippen LogP contribution in [0.25, 0.3) is 16.8 Å². The number of benzene rings is 2. The Bertz CT molecular complexity index is 1160. The number of rotatable bonds is 8. The van der Waals surface area contributed by atoms with Crippen LogP contribution in [0.5, 0.6) is 5.75 Å². The van der Waals surface area contributed by atoms with Crippen molar-refractivity contribution < 1.29 is 8.95 Å². The van der Waals surface area contributed by atoms with Gasteiger partial charge in [-0.1, -0.05) is 37.3 Å². The van der Waals surface area contributed by atoms with Gasteiger partial charge in [-0.2, -0.15) is 0 Å². The lowest BCUT2D eigenvalue weighted by Gasteiger charge is -2.24. The summed E-state index contributed by atoms with van der Waals surface area (Å²) in [6, 6.07) is 13.9. The summed E-state index contributed by atoms with van der Waals surface area (Å²) >= 11 is 1.51. The first-order valence-electron chi connectivity index (χ1n) is 11.1. The van der Waals surface area contributed by atoms with Gasteiger partial charge in [0, 0.05) is 24.0 Å². The zero-order valence-corrected chi connectivity index (χ0v) is 20.8. The smallest absolute Gasteiger partial charge is 0.187 e. The molecule has 0 radical (unpaired) electrons. The molecule has 2 heterocycles. The summed E-state index contributed by atoms with van der Waals surface area (Å²) in [5.41, 5.74) is 5.38. The van der Waals surface area contributed by atoms with Gasteiger partial charge in [-0.15, -0.1) is 11.3 Å². The van der Waals surface area contributed by atoms with Crippen molar-refractivity contribution in [2.75, 3.05) is 25.0 Å². The maximum Gasteiger partial charge on any atom is 0.187 e. The number of anilines is 2. The summed E-state index contributed by atoms with van der Waals surface area (Å²) in [5.74, 6) is 0.669. The second-order valence-corrected chi connectivity index (χ2v) is 10.2. The quantitative estimate of drug-likeness (QED) is 0.447. The Morgan fingerprint density at radius 2 is 1.97 bits per heavy atom. The van der Waals surface area contributed by atoms with Crippen LogP contribution in [0.4, 0.5) is 10.8 Å². The van der Waals surface area contributed by atoms with Gasteiger partial charge < -0.3 is 10.1 Å². The lowest BCUT2D eigenvalue weighted by atomic mass is 9.98. The molecule has 0 saturated carbocycles. The summed E-state index contributed by atoms with van der Waals surface area (Å²) in [4.78, 5) is 7.73. The van der Waals surface area contributed by atoms with Gasteiger partial charge in [0.15, 0.2) is 5.13 Å². The van der Waals surface area contributed by atoms with E-state index in [4.69, 9.17) is 14.9 Å². The minimum atomic E-state index is -1.57. The largest absolute Gasteiger partial charge is 0.489 e. The zero-order chi connectivity index (χ0) is 23.4. The van der Waals surface area contributed by atoms with Crippen LogP contribution in [-0.2, 0) is 11.0 Å². The topological polar surface area (TPSA) is 80.5 Å².